The third-order valence-electron chi connectivity index (χ3n) is 6.74. The minimum absolute atomic E-state index is 0.491. The molecule has 0 spiro atoms. The lowest BCUT2D eigenvalue weighted by molar-refractivity contribution is -0.643. The van der Waals surface area contributed by atoms with Gasteiger partial charge in [0.2, 0.25) is 5.52 Å². The number of para-hydroxylation sites is 1. The number of hydrogen-bond donors (Lipinski definition) is 0. The zero-order chi connectivity index (χ0) is 20.0. The minimum atomic E-state index is 0.491. The molecule has 3 aromatic carbocycles. The third kappa shape index (κ3) is 1.99. The van der Waals surface area contributed by atoms with Crippen LogP contribution < -0.4 is 4.57 Å². The summed E-state index contributed by atoms with van der Waals surface area (Å²) < 4.78 is 4.85. The van der Waals surface area contributed by atoms with Crippen LogP contribution in [0.3, 0.4) is 0 Å². The van der Waals surface area contributed by atoms with Crippen LogP contribution in [0.4, 0.5) is 0 Å². The molecule has 0 aliphatic rings. The average molecular weight is 378 g/mol. The average Bonchev–Trinajstić information content (AvgIpc) is 3.04. The van der Waals surface area contributed by atoms with Crippen molar-refractivity contribution in [2.75, 3.05) is 0 Å². The highest BCUT2D eigenvalue weighted by molar-refractivity contribution is 6.26. The van der Waals surface area contributed by atoms with Crippen molar-refractivity contribution in [2.24, 2.45) is 7.05 Å². The van der Waals surface area contributed by atoms with Gasteiger partial charge in [-0.1, -0.05) is 50.2 Å². The van der Waals surface area contributed by atoms with Gasteiger partial charge >= 0.3 is 0 Å². The van der Waals surface area contributed by atoms with Crippen LogP contribution in [0, 0.1) is 13.8 Å². The molecule has 0 atom stereocenters. The predicted octanol–water partition coefficient (Wildman–Crippen LogP) is 6.55. The van der Waals surface area contributed by atoms with Crippen LogP contribution >= 0.6 is 0 Å². The fourth-order valence-corrected chi connectivity index (χ4v) is 5.28. The summed E-state index contributed by atoms with van der Waals surface area (Å²) in [5.74, 6) is 0.491. The van der Waals surface area contributed by atoms with Crippen LogP contribution in [0.15, 0.2) is 54.7 Å². The van der Waals surface area contributed by atoms with Crippen molar-refractivity contribution >= 4 is 49.0 Å². The Bertz CT molecular complexity index is 1600. The van der Waals surface area contributed by atoms with Crippen molar-refractivity contribution in [1.29, 1.82) is 0 Å². The molecule has 0 saturated heterocycles. The van der Waals surface area contributed by atoms with Gasteiger partial charge in [-0.05, 0) is 47.9 Å². The number of benzene rings is 3. The van der Waals surface area contributed by atoms with E-state index in [4.69, 9.17) is 0 Å². The molecule has 0 radical (unpaired) electrons. The zero-order valence-electron chi connectivity index (χ0n) is 17.7. The summed E-state index contributed by atoms with van der Waals surface area (Å²) in [5, 5.41) is 6.76. The quantitative estimate of drug-likeness (QED) is 0.174. The molecule has 6 rings (SSSR count). The molecule has 0 bridgehead atoms. The summed E-state index contributed by atoms with van der Waals surface area (Å²) in [6.07, 6.45) is 2.22. The molecule has 3 heterocycles. The van der Waals surface area contributed by atoms with Crippen molar-refractivity contribution < 1.29 is 4.57 Å². The molecule has 0 aliphatic heterocycles. The number of rotatable bonds is 1. The van der Waals surface area contributed by atoms with E-state index in [1.807, 2.05) is 0 Å². The first-order chi connectivity index (χ1) is 14.0. The van der Waals surface area contributed by atoms with Crippen molar-refractivity contribution in [3.05, 3.63) is 71.4 Å². The molecule has 0 fully saturated rings. The molecule has 29 heavy (non-hydrogen) atoms. The highest BCUT2D eigenvalue weighted by Crippen LogP contribution is 2.42. The first-order valence-electron chi connectivity index (χ1n) is 10.5. The summed E-state index contributed by atoms with van der Waals surface area (Å²) >= 11 is 0. The Morgan fingerprint density at radius 2 is 1.62 bits per heavy atom. The Morgan fingerprint density at radius 1 is 0.828 bits per heavy atom. The van der Waals surface area contributed by atoms with Gasteiger partial charge in [-0.25, -0.2) is 4.57 Å². The summed E-state index contributed by atoms with van der Waals surface area (Å²) in [4.78, 5) is 0. The van der Waals surface area contributed by atoms with E-state index in [1.165, 1.54) is 65.7 Å². The summed E-state index contributed by atoms with van der Waals surface area (Å²) in [7, 11) is 2.18. The Hall–Kier alpha value is -3.13. The molecule has 0 amide bonds. The maximum atomic E-state index is 2.55. The molecule has 0 N–H and O–H groups in total. The first-order valence-corrected chi connectivity index (χ1v) is 10.5. The number of aryl methyl sites for hydroxylation is 3. The number of pyridine rings is 2. The highest BCUT2D eigenvalue weighted by atomic mass is 15.0. The lowest BCUT2D eigenvalue weighted by Gasteiger charge is -2.15. The molecule has 2 heteroatoms. The SMILES string of the molecule is Cc1ccc2c3cccc(C)c3n3c4cc(C(C)C)cc5cc[n+](C)c(c1c23)c54. The highest BCUT2D eigenvalue weighted by Gasteiger charge is 2.24. The number of fused-ring (bicyclic) bond motifs is 5. The maximum absolute atomic E-state index is 2.55. The molecule has 0 unspecified atom stereocenters. The monoisotopic (exact) mass is 377 g/mol. The van der Waals surface area contributed by atoms with Gasteiger partial charge in [0, 0.05) is 16.8 Å². The Balaban J connectivity index is 2.11. The number of hydrogen-bond acceptors (Lipinski definition) is 0. The van der Waals surface area contributed by atoms with Gasteiger partial charge in [0.1, 0.15) is 7.05 Å². The lowest BCUT2D eigenvalue weighted by Crippen LogP contribution is -2.29. The van der Waals surface area contributed by atoms with Gasteiger partial charge in [-0.3, -0.25) is 0 Å². The predicted molar refractivity (Wildman–Crippen MR) is 123 cm³/mol. The molecular weight excluding hydrogens is 352 g/mol. The Kier molecular flexibility index (Phi) is 3.17. The van der Waals surface area contributed by atoms with Crippen LogP contribution in [-0.2, 0) is 7.05 Å². The molecule has 0 saturated carbocycles. The lowest BCUT2D eigenvalue weighted by atomic mass is 9.95. The van der Waals surface area contributed by atoms with E-state index in [0.29, 0.717) is 5.92 Å². The van der Waals surface area contributed by atoms with Gasteiger partial charge in [0.15, 0.2) is 6.20 Å². The maximum Gasteiger partial charge on any atom is 0.224 e. The summed E-state index contributed by atoms with van der Waals surface area (Å²) in [6, 6.07) is 18.4. The topological polar surface area (TPSA) is 8.29 Å². The first kappa shape index (κ1) is 16.8. The second-order valence-corrected chi connectivity index (χ2v) is 8.89. The van der Waals surface area contributed by atoms with Crippen LogP contribution in [0.25, 0.3) is 49.0 Å². The van der Waals surface area contributed by atoms with Crippen molar-refractivity contribution in [3.8, 4) is 0 Å². The second-order valence-electron chi connectivity index (χ2n) is 8.89. The molecule has 6 aromatic rings. The summed E-state index contributed by atoms with van der Waals surface area (Å²) in [6.45, 7) is 9.05. The smallest absolute Gasteiger partial charge is 0.224 e. The van der Waals surface area contributed by atoms with Gasteiger partial charge in [0.25, 0.3) is 0 Å². The number of nitrogens with zero attached hydrogens (tertiary/aromatic N) is 2. The van der Waals surface area contributed by atoms with Gasteiger partial charge in [-0.15, -0.1) is 0 Å². The molecule has 142 valence electrons. The van der Waals surface area contributed by atoms with E-state index in [-0.39, 0.29) is 0 Å². The van der Waals surface area contributed by atoms with E-state index in [9.17, 15) is 0 Å². The fraction of sp³-hybridized carbons (Fsp3) is 0.222. The normalized spacial score (nSPS) is 12.6. The Labute approximate surface area is 170 Å². The zero-order valence-corrected chi connectivity index (χ0v) is 17.7. The van der Waals surface area contributed by atoms with Crippen LogP contribution in [0.2, 0.25) is 0 Å². The Morgan fingerprint density at radius 3 is 2.41 bits per heavy atom. The standard InChI is InChI=1S/C27H25N2/c1-15(2)19-13-18-11-12-28(5)27-23-16(3)9-10-21-20-8-6-7-17(4)25(20)29(26(21)23)22(14-19)24(18)27/h6-15H,1-5H3/q+1. The van der Waals surface area contributed by atoms with Crippen LogP contribution in [0.1, 0.15) is 36.5 Å². The van der Waals surface area contributed by atoms with E-state index < -0.39 is 0 Å². The van der Waals surface area contributed by atoms with Crippen molar-refractivity contribution in [2.45, 2.75) is 33.6 Å². The van der Waals surface area contributed by atoms with Crippen LogP contribution in [0.5, 0.6) is 0 Å². The third-order valence-corrected chi connectivity index (χ3v) is 6.74. The molecule has 3 aromatic heterocycles. The van der Waals surface area contributed by atoms with Crippen LogP contribution in [-0.4, -0.2) is 4.40 Å². The summed E-state index contributed by atoms with van der Waals surface area (Å²) in [5.41, 5.74) is 9.41. The van der Waals surface area contributed by atoms with Crippen molar-refractivity contribution in [1.82, 2.24) is 4.40 Å². The molecule has 0 aliphatic carbocycles. The molecule has 2 nitrogen and oxygen atoms in total. The van der Waals surface area contributed by atoms with Gasteiger partial charge in [-0.2, -0.15) is 0 Å². The minimum Gasteiger partial charge on any atom is -0.307 e. The second kappa shape index (κ2) is 5.48. The van der Waals surface area contributed by atoms with Gasteiger partial charge < -0.3 is 4.40 Å². The van der Waals surface area contributed by atoms with E-state index in [2.05, 4.69) is 98.4 Å². The van der Waals surface area contributed by atoms with E-state index in [0.717, 1.165) is 0 Å². The largest absolute Gasteiger partial charge is 0.307 e. The van der Waals surface area contributed by atoms with E-state index in [1.54, 1.807) is 0 Å². The van der Waals surface area contributed by atoms with E-state index >= 15 is 0 Å². The number of aromatic nitrogens is 2. The van der Waals surface area contributed by atoms with Gasteiger partial charge in [0.05, 0.1) is 27.3 Å². The van der Waals surface area contributed by atoms with Crippen molar-refractivity contribution in [3.63, 3.8) is 0 Å². The fourth-order valence-electron chi connectivity index (χ4n) is 5.28. The molecular formula is C27H25N2+.